The van der Waals surface area contributed by atoms with Crippen LogP contribution in [0.3, 0.4) is 0 Å². The Morgan fingerprint density at radius 2 is 2.11 bits per heavy atom. The highest BCUT2D eigenvalue weighted by molar-refractivity contribution is 5.14. The predicted octanol–water partition coefficient (Wildman–Crippen LogP) is 1.41. The van der Waals surface area contributed by atoms with Crippen molar-refractivity contribution in [3.05, 3.63) is 35.9 Å². The second-order valence-corrected chi connectivity index (χ2v) is 5.23. The van der Waals surface area contributed by atoms with Gasteiger partial charge in [-0.1, -0.05) is 37.3 Å². The average molecular weight is 247 g/mol. The maximum Gasteiger partial charge on any atom is 0.0323 e. The summed E-state index contributed by atoms with van der Waals surface area (Å²) in [7, 11) is 2.21. The van der Waals surface area contributed by atoms with E-state index in [0.29, 0.717) is 6.04 Å². The van der Waals surface area contributed by atoms with Gasteiger partial charge in [0, 0.05) is 38.8 Å². The zero-order valence-electron chi connectivity index (χ0n) is 11.6. The molecule has 18 heavy (non-hydrogen) atoms. The van der Waals surface area contributed by atoms with Gasteiger partial charge in [-0.05, 0) is 19.2 Å². The molecule has 1 aromatic carbocycles. The third-order valence-corrected chi connectivity index (χ3v) is 3.63. The van der Waals surface area contributed by atoms with Crippen LogP contribution in [-0.4, -0.2) is 55.6 Å². The average Bonchev–Trinajstić information content (AvgIpc) is 2.39. The van der Waals surface area contributed by atoms with E-state index < -0.39 is 0 Å². The lowest BCUT2D eigenvalue weighted by Crippen LogP contribution is -2.53. The quantitative estimate of drug-likeness (QED) is 0.849. The molecular weight excluding hydrogens is 222 g/mol. The van der Waals surface area contributed by atoms with Gasteiger partial charge in [0.25, 0.3) is 0 Å². The van der Waals surface area contributed by atoms with Crippen LogP contribution in [0.2, 0.25) is 0 Å². The number of nitrogens with zero attached hydrogens (tertiary/aromatic N) is 2. The number of rotatable bonds is 5. The van der Waals surface area contributed by atoms with E-state index in [1.54, 1.807) is 0 Å². The molecule has 0 aliphatic carbocycles. The van der Waals surface area contributed by atoms with E-state index in [-0.39, 0.29) is 0 Å². The number of likely N-dealkylation sites (N-methyl/N-ethyl adjacent to an activating group) is 2. The zero-order chi connectivity index (χ0) is 12.8. The van der Waals surface area contributed by atoms with Gasteiger partial charge in [0.2, 0.25) is 0 Å². The summed E-state index contributed by atoms with van der Waals surface area (Å²) in [4.78, 5) is 4.93. The lowest BCUT2D eigenvalue weighted by Gasteiger charge is -2.34. The Bertz CT molecular complexity index is 339. The number of hydrogen-bond acceptors (Lipinski definition) is 3. The van der Waals surface area contributed by atoms with Crippen LogP contribution in [0.4, 0.5) is 0 Å². The highest BCUT2D eigenvalue weighted by Crippen LogP contribution is 2.06. The maximum absolute atomic E-state index is 3.62. The minimum absolute atomic E-state index is 0.604. The first-order valence-corrected chi connectivity index (χ1v) is 6.96. The molecule has 1 unspecified atom stereocenters. The van der Waals surface area contributed by atoms with Crippen LogP contribution >= 0.6 is 0 Å². The molecule has 1 atom stereocenters. The van der Waals surface area contributed by atoms with Crippen molar-refractivity contribution >= 4 is 0 Å². The molecule has 0 amide bonds. The fourth-order valence-electron chi connectivity index (χ4n) is 2.57. The van der Waals surface area contributed by atoms with E-state index in [2.05, 4.69) is 59.4 Å². The summed E-state index contributed by atoms with van der Waals surface area (Å²) in [5.74, 6) is 0. The molecule has 1 aliphatic heterocycles. The van der Waals surface area contributed by atoms with Crippen molar-refractivity contribution in [2.75, 3.05) is 39.8 Å². The normalized spacial score (nSPS) is 21.4. The second-order valence-electron chi connectivity index (χ2n) is 5.23. The molecule has 3 heteroatoms. The van der Waals surface area contributed by atoms with Crippen molar-refractivity contribution < 1.29 is 0 Å². The van der Waals surface area contributed by atoms with Crippen molar-refractivity contribution in [3.8, 4) is 0 Å². The molecule has 0 aromatic heterocycles. The first-order valence-electron chi connectivity index (χ1n) is 6.96. The second kappa shape index (κ2) is 6.88. The summed E-state index contributed by atoms with van der Waals surface area (Å²) in [6.07, 6.45) is 0. The summed E-state index contributed by atoms with van der Waals surface area (Å²) in [6.45, 7) is 8.98. The molecule has 1 N–H and O–H groups in total. The summed E-state index contributed by atoms with van der Waals surface area (Å²) in [6, 6.07) is 11.3. The van der Waals surface area contributed by atoms with Crippen LogP contribution in [0.5, 0.6) is 0 Å². The van der Waals surface area contributed by atoms with Gasteiger partial charge < -0.3 is 10.2 Å². The van der Waals surface area contributed by atoms with Crippen LogP contribution in [0.25, 0.3) is 0 Å². The summed E-state index contributed by atoms with van der Waals surface area (Å²) in [5, 5.41) is 3.62. The molecule has 3 nitrogen and oxygen atoms in total. The number of nitrogens with one attached hydrogen (secondary N) is 1. The number of piperazine rings is 1. The maximum atomic E-state index is 3.62. The first-order chi connectivity index (χ1) is 8.78. The van der Waals surface area contributed by atoms with Crippen LogP contribution in [0.15, 0.2) is 30.3 Å². The van der Waals surface area contributed by atoms with Gasteiger partial charge in [-0.15, -0.1) is 0 Å². The molecule has 0 spiro atoms. The SMILES string of the molecule is CCN(Cc1ccccc1)CC1CN(C)CCN1. The third kappa shape index (κ3) is 4.09. The topological polar surface area (TPSA) is 18.5 Å². The van der Waals surface area contributed by atoms with Gasteiger partial charge in [0.05, 0.1) is 0 Å². The van der Waals surface area contributed by atoms with Crippen molar-refractivity contribution in [2.45, 2.75) is 19.5 Å². The molecule has 1 heterocycles. The van der Waals surface area contributed by atoms with Crippen LogP contribution < -0.4 is 5.32 Å². The smallest absolute Gasteiger partial charge is 0.0323 e. The molecule has 2 rings (SSSR count). The molecule has 1 fully saturated rings. The van der Waals surface area contributed by atoms with Crippen LogP contribution in [0, 0.1) is 0 Å². The minimum atomic E-state index is 0.604. The van der Waals surface area contributed by atoms with E-state index in [1.807, 2.05) is 0 Å². The van der Waals surface area contributed by atoms with Crippen molar-refractivity contribution in [1.29, 1.82) is 0 Å². The zero-order valence-corrected chi connectivity index (χ0v) is 11.6. The Labute approximate surface area is 111 Å². The van der Waals surface area contributed by atoms with E-state index in [4.69, 9.17) is 0 Å². The van der Waals surface area contributed by atoms with E-state index in [9.17, 15) is 0 Å². The van der Waals surface area contributed by atoms with Crippen LogP contribution in [0.1, 0.15) is 12.5 Å². The largest absolute Gasteiger partial charge is 0.310 e. The van der Waals surface area contributed by atoms with E-state index >= 15 is 0 Å². The van der Waals surface area contributed by atoms with Crippen molar-refractivity contribution in [1.82, 2.24) is 15.1 Å². The fourth-order valence-corrected chi connectivity index (χ4v) is 2.57. The van der Waals surface area contributed by atoms with Gasteiger partial charge in [-0.3, -0.25) is 4.90 Å². The van der Waals surface area contributed by atoms with Crippen LogP contribution in [-0.2, 0) is 6.54 Å². The van der Waals surface area contributed by atoms with Crippen molar-refractivity contribution in [2.24, 2.45) is 0 Å². The Kier molecular flexibility index (Phi) is 5.17. The van der Waals surface area contributed by atoms with Gasteiger partial charge in [-0.2, -0.15) is 0 Å². The van der Waals surface area contributed by atoms with Crippen molar-refractivity contribution in [3.63, 3.8) is 0 Å². The molecule has 1 saturated heterocycles. The summed E-state index contributed by atoms with van der Waals surface area (Å²) < 4.78 is 0. The van der Waals surface area contributed by atoms with Gasteiger partial charge in [-0.25, -0.2) is 0 Å². The summed E-state index contributed by atoms with van der Waals surface area (Å²) in [5.41, 5.74) is 1.41. The molecule has 0 radical (unpaired) electrons. The first kappa shape index (κ1) is 13.5. The van der Waals surface area contributed by atoms with Gasteiger partial charge >= 0.3 is 0 Å². The van der Waals surface area contributed by atoms with E-state index in [0.717, 1.165) is 32.7 Å². The Morgan fingerprint density at radius 3 is 2.78 bits per heavy atom. The molecule has 0 bridgehead atoms. The third-order valence-electron chi connectivity index (χ3n) is 3.63. The Balaban J connectivity index is 1.85. The van der Waals surface area contributed by atoms with Gasteiger partial charge in [0.1, 0.15) is 0 Å². The van der Waals surface area contributed by atoms with Gasteiger partial charge in [0.15, 0.2) is 0 Å². The molecule has 100 valence electrons. The highest BCUT2D eigenvalue weighted by Gasteiger charge is 2.18. The number of hydrogen-bond donors (Lipinski definition) is 1. The molecule has 1 aliphatic rings. The lowest BCUT2D eigenvalue weighted by atomic mass is 10.1. The molecule has 1 aromatic rings. The molecule has 0 saturated carbocycles. The lowest BCUT2D eigenvalue weighted by molar-refractivity contribution is 0.178. The minimum Gasteiger partial charge on any atom is -0.310 e. The molecular formula is C15H25N3. The highest BCUT2D eigenvalue weighted by atomic mass is 15.2. The number of benzene rings is 1. The standard InChI is InChI=1S/C15H25N3/c1-3-18(11-14-7-5-4-6-8-14)13-15-12-17(2)10-9-16-15/h4-8,15-16H,3,9-13H2,1-2H3. The predicted molar refractivity (Wildman–Crippen MR) is 76.7 cm³/mol. The Morgan fingerprint density at radius 1 is 1.33 bits per heavy atom. The monoisotopic (exact) mass is 247 g/mol. The summed E-state index contributed by atoms with van der Waals surface area (Å²) >= 11 is 0. The van der Waals surface area contributed by atoms with E-state index in [1.165, 1.54) is 12.1 Å². The fraction of sp³-hybridized carbons (Fsp3) is 0.600. The Hall–Kier alpha value is -0.900.